The summed E-state index contributed by atoms with van der Waals surface area (Å²) in [7, 11) is 0. The van der Waals surface area contributed by atoms with Crippen molar-refractivity contribution in [2.45, 2.75) is 25.9 Å². The maximum atomic E-state index is 13.1. The monoisotopic (exact) mass is 210 g/mol. The minimum absolute atomic E-state index is 0.000506. The molecule has 0 aliphatic rings. The van der Waals surface area contributed by atoms with Gasteiger partial charge in [-0.25, -0.2) is 8.78 Å². The van der Waals surface area contributed by atoms with Crippen molar-refractivity contribution in [3.63, 3.8) is 0 Å². The Morgan fingerprint density at radius 2 is 2.20 bits per heavy atom. The lowest BCUT2D eigenvalue weighted by molar-refractivity contribution is 0.526. The van der Waals surface area contributed by atoms with Crippen LogP contribution in [0.25, 0.3) is 0 Å². The van der Waals surface area contributed by atoms with Crippen LogP contribution in [0.15, 0.2) is 18.2 Å². The van der Waals surface area contributed by atoms with Gasteiger partial charge in [0.1, 0.15) is 11.6 Å². The molecule has 0 aliphatic carbocycles. The minimum Gasteiger partial charge on any atom is -0.309 e. The highest BCUT2D eigenvalue weighted by molar-refractivity contribution is 5.18. The van der Waals surface area contributed by atoms with Crippen LogP contribution in [0.4, 0.5) is 8.78 Å². The van der Waals surface area contributed by atoms with Gasteiger partial charge in [-0.2, -0.15) is 5.26 Å². The number of rotatable bonds is 4. The molecule has 15 heavy (non-hydrogen) atoms. The molecular formula is C11H12F2N2. The van der Waals surface area contributed by atoms with Gasteiger partial charge >= 0.3 is 0 Å². The van der Waals surface area contributed by atoms with E-state index < -0.39 is 11.6 Å². The fraction of sp³-hybridized carbons (Fsp3) is 0.364. The Balaban J connectivity index is 2.55. The lowest BCUT2D eigenvalue weighted by atomic mass is 10.2. The molecule has 0 bridgehead atoms. The molecule has 80 valence electrons. The van der Waals surface area contributed by atoms with E-state index >= 15 is 0 Å². The van der Waals surface area contributed by atoms with Crippen LogP contribution in [0.2, 0.25) is 0 Å². The maximum Gasteiger partial charge on any atom is 0.130 e. The molecule has 0 aromatic heterocycles. The van der Waals surface area contributed by atoms with E-state index in [-0.39, 0.29) is 6.04 Å². The molecule has 1 rings (SSSR count). The van der Waals surface area contributed by atoms with Gasteiger partial charge in [-0.15, -0.1) is 0 Å². The van der Waals surface area contributed by atoms with E-state index in [1.807, 2.05) is 13.0 Å². The molecule has 1 atom stereocenters. The van der Waals surface area contributed by atoms with Gasteiger partial charge in [-0.05, 0) is 13.0 Å². The van der Waals surface area contributed by atoms with E-state index in [0.717, 1.165) is 6.07 Å². The van der Waals surface area contributed by atoms with E-state index in [1.165, 1.54) is 12.1 Å². The summed E-state index contributed by atoms with van der Waals surface area (Å²) < 4.78 is 25.7. The third kappa shape index (κ3) is 3.64. The normalized spacial score (nSPS) is 12.1. The van der Waals surface area contributed by atoms with Crippen LogP contribution in [-0.4, -0.2) is 6.04 Å². The van der Waals surface area contributed by atoms with Gasteiger partial charge in [0, 0.05) is 24.2 Å². The smallest absolute Gasteiger partial charge is 0.130 e. The van der Waals surface area contributed by atoms with Gasteiger partial charge in [-0.1, -0.05) is 6.07 Å². The Bertz CT molecular complexity index is 371. The first-order valence-corrected chi connectivity index (χ1v) is 4.67. The molecule has 0 saturated carbocycles. The summed E-state index contributed by atoms with van der Waals surface area (Å²) in [6.07, 6.45) is 0.364. The number of hydrogen-bond acceptors (Lipinski definition) is 2. The average Bonchev–Trinajstić information content (AvgIpc) is 2.17. The Hall–Kier alpha value is -1.47. The summed E-state index contributed by atoms with van der Waals surface area (Å²) in [6, 6.07) is 5.48. The summed E-state index contributed by atoms with van der Waals surface area (Å²) in [6.45, 7) is 2.14. The van der Waals surface area contributed by atoms with Crippen molar-refractivity contribution in [3.8, 4) is 6.07 Å². The predicted octanol–water partition coefficient (Wildman–Crippen LogP) is 2.36. The van der Waals surface area contributed by atoms with Gasteiger partial charge in [0.05, 0.1) is 12.5 Å². The van der Waals surface area contributed by atoms with Crippen molar-refractivity contribution in [2.75, 3.05) is 0 Å². The van der Waals surface area contributed by atoms with E-state index in [0.29, 0.717) is 18.5 Å². The van der Waals surface area contributed by atoms with Gasteiger partial charge in [0.15, 0.2) is 0 Å². The first-order chi connectivity index (χ1) is 7.13. The van der Waals surface area contributed by atoms with Crippen LogP contribution >= 0.6 is 0 Å². The second-order valence-electron chi connectivity index (χ2n) is 3.38. The van der Waals surface area contributed by atoms with Gasteiger partial charge in [0.2, 0.25) is 0 Å². The summed E-state index contributed by atoms with van der Waals surface area (Å²) in [5.41, 5.74) is 0.404. The number of benzene rings is 1. The predicted molar refractivity (Wildman–Crippen MR) is 52.9 cm³/mol. The van der Waals surface area contributed by atoms with Crippen LogP contribution in [0.1, 0.15) is 18.9 Å². The fourth-order valence-electron chi connectivity index (χ4n) is 1.16. The zero-order chi connectivity index (χ0) is 11.3. The molecule has 0 heterocycles. The molecular weight excluding hydrogens is 198 g/mol. The maximum absolute atomic E-state index is 13.1. The SMILES string of the molecule is CC(CC#N)NCc1ccc(F)cc1F. The zero-order valence-electron chi connectivity index (χ0n) is 8.43. The minimum atomic E-state index is -0.582. The molecule has 0 spiro atoms. The summed E-state index contributed by atoms with van der Waals surface area (Å²) >= 11 is 0. The molecule has 1 aromatic carbocycles. The molecule has 1 N–H and O–H groups in total. The van der Waals surface area contributed by atoms with Crippen molar-refractivity contribution < 1.29 is 8.78 Å². The van der Waals surface area contributed by atoms with Crippen LogP contribution in [0, 0.1) is 23.0 Å². The van der Waals surface area contributed by atoms with Gasteiger partial charge in [-0.3, -0.25) is 0 Å². The van der Waals surface area contributed by atoms with Crippen molar-refractivity contribution in [1.82, 2.24) is 5.32 Å². The van der Waals surface area contributed by atoms with Crippen LogP contribution in [0.3, 0.4) is 0 Å². The first-order valence-electron chi connectivity index (χ1n) is 4.67. The third-order valence-corrected chi connectivity index (χ3v) is 2.05. The molecule has 0 saturated heterocycles. The molecule has 0 aliphatic heterocycles. The number of nitrogens with zero attached hydrogens (tertiary/aromatic N) is 1. The zero-order valence-corrected chi connectivity index (χ0v) is 8.43. The molecule has 0 radical (unpaired) electrons. The van der Waals surface area contributed by atoms with E-state index in [9.17, 15) is 8.78 Å². The van der Waals surface area contributed by atoms with Gasteiger partial charge in [0.25, 0.3) is 0 Å². The first kappa shape index (κ1) is 11.6. The molecule has 1 unspecified atom stereocenters. The van der Waals surface area contributed by atoms with Crippen molar-refractivity contribution >= 4 is 0 Å². The van der Waals surface area contributed by atoms with E-state index in [2.05, 4.69) is 5.32 Å². The molecule has 0 fully saturated rings. The van der Waals surface area contributed by atoms with Crippen molar-refractivity contribution in [1.29, 1.82) is 5.26 Å². The second-order valence-corrected chi connectivity index (χ2v) is 3.38. The Morgan fingerprint density at radius 3 is 2.80 bits per heavy atom. The summed E-state index contributed by atoms with van der Waals surface area (Å²) in [5, 5.41) is 11.4. The molecule has 0 amide bonds. The van der Waals surface area contributed by atoms with Crippen LogP contribution in [-0.2, 0) is 6.54 Å². The Morgan fingerprint density at radius 1 is 1.47 bits per heavy atom. The number of nitriles is 1. The highest BCUT2D eigenvalue weighted by atomic mass is 19.1. The van der Waals surface area contributed by atoms with Crippen molar-refractivity contribution in [3.05, 3.63) is 35.4 Å². The quantitative estimate of drug-likeness (QED) is 0.828. The number of hydrogen-bond donors (Lipinski definition) is 1. The van der Waals surface area contributed by atoms with E-state index in [4.69, 9.17) is 5.26 Å². The molecule has 1 aromatic rings. The summed E-state index contributed by atoms with van der Waals surface area (Å²) in [4.78, 5) is 0. The standard InChI is InChI=1S/C11H12F2N2/c1-8(4-5-14)15-7-9-2-3-10(12)6-11(9)13/h2-3,6,8,15H,4,7H2,1H3. The topological polar surface area (TPSA) is 35.8 Å². The number of halogens is 2. The lowest BCUT2D eigenvalue weighted by Gasteiger charge is -2.10. The van der Waals surface area contributed by atoms with E-state index in [1.54, 1.807) is 0 Å². The largest absolute Gasteiger partial charge is 0.309 e. The Labute approximate surface area is 87.5 Å². The number of nitrogens with one attached hydrogen (secondary N) is 1. The highest BCUT2D eigenvalue weighted by Crippen LogP contribution is 2.09. The second kappa shape index (κ2) is 5.42. The van der Waals surface area contributed by atoms with Crippen molar-refractivity contribution in [2.24, 2.45) is 0 Å². The average molecular weight is 210 g/mol. The lowest BCUT2D eigenvalue weighted by Crippen LogP contribution is -2.25. The van der Waals surface area contributed by atoms with Crippen LogP contribution in [0.5, 0.6) is 0 Å². The summed E-state index contributed by atoms with van der Waals surface area (Å²) in [5.74, 6) is -1.15. The molecule has 2 nitrogen and oxygen atoms in total. The fourth-order valence-corrected chi connectivity index (χ4v) is 1.16. The van der Waals surface area contributed by atoms with Gasteiger partial charge < -0.3 is 5.32 Å². The Kier molecular flexibility index (Phi) is 4.19. The van der Waals surface area contributed by atoms with Crippen LogP contribution < -0.4 is 5.32 Å². The highest BCUT2D eigenvalue weighted by Gasteiger charge is 2.05. The third-order valence-electron chi connectivity index (χ3n) is 2.05. The molecule has 4 heteroatoms.